The predicted octanol–water partition coefficient (Wildman–Crippen LogP) is 1.64. The molecule has 2 heteroatoms. The van der Waals surface area contributed by atoms with Crippen LogP contribution in [0.25, 0.3) is 0 Å². The Bertz CT molecular complexity index is 220. The summed E-state index contributed by atoms with van der Waals surface area (Å²) in [6.45, 7) is 6.39. The number of ether oxygens (including phenoxy) is 1. The van der Waals surface area contributed by atoms with Crippen molar-refractivity contribution in [3.63, 3.8) is 0 Å². The predicted molar refractivity (Wildman–Crippen MR) is 38.3 cm³/mol. The highest BCUT2D eigenvalue weighted by Crippen LogP contribution is 2.29. The molecule has 10 heavy (non-hydrogen) atoms. The molecule has 1 rings (SSSR count). The van der Waals surface area contributed by atoms with E-state index in [9.17, 15) is 0 Å². The number of nitriles is 1. The second-order valence-electron chi connectivity index (χ2n) is 3.01. The molecule has 0 aromatic rings. The summed E-state index contributed by atoms with van der Waals surface area (Å²) in [5.74, 6) is 0. The first-order chi connectivity index (χ1) is 4.58. The van der Waals surface area contributed by atoms with Crippen LogP contribution < -0.4 is 0 Å². The molecule has 0 spiro atoms. The lowest BCUT2D eigenvalue weighted by Crippen LogP contribution is -2.20. The van der Waals surface area contributed by atoms with Crippen LogP contribution in [0, 0.1) is 11.3 Å². The molecule has 1 aliphatic heterocycles. The number of rotatable bonds is 0. The topological polar surface area (TPSA) is 33.0 Å². The van der Waals surface area contributed by atoms with Crippen molar-refractivity contribution in [2.75, 3.05) is 6.61 Å². The van der Waals surface area contributed by atoms with Gasteiger partial charge < -0.3 is 4.74 Å². The molecule has 2 nitrogen and oxygen atoms in total. The average Bonchev–Trinajstić information content (AvgIpc) is 2.10. The van der Waals surface area contributed by atoms with E-state index < -0.39 is 0 Å². The summed E-state index contributed by atoms with van der Waals surface area (Å²) in [7, 11) is 0. The van der Waals surface area contributed by atoms with Gasteiger partial charge >= 0.3 is 0 Å². The highest BCUT2D eigenvalue weighted by atomic mass is 16.5. The van der Waals surface area contributed by atoms with Crippen molar-refractivity contribution in [2.45, 2.75) is 26.4 Å². The molecule has 1 aliphatic rings. The Morgan fingerprint density at radius 1 is 1.60 bits per heavy atom. The average molecular weight is 137 g/mol. The largest absolute Gasteiger partial charge is 0.366 e. The van der Waals surface area contributed by atoms with Gasteiger partial charge in [0.1, 0.15) is 0 Å². The minimum Gasteiger partial charge on any atom is -0.366 e. The third kappa shape index (κ3) is 0.932. The summed E-state index contributed by atoms with van der Waals surface area (Å²) in [6.07, 6.45) is 0. The van der Waals surface area contributed by atoms with Crippen LogP contribution in [0.3, 0.4) is 0 Å². The van der Waals surface area contributed by atoms with Gasteiger partial charge in [-0.25, -0.2) is 0 Å². The zero-order chi connectivity index (χ0) is 7.78. The van der Waals surface area contributed by atoms with E-state index in [1.54, 1.807) is 0 Å². The maximum Gasteiger partial charge on any atom is 0.0972 e. The Balaban J connectivity index is 2.98. The molecule has 0 aromatic heterocycles. The van der Waals surface area contributed by atoms with Gasteiger partial charge in [-0.3, -0.25) is 0 Å². The maximum absolute atomic E-state index is 8.58. The van der Waals surface area contributed by atoms with Gasteiger partial charge in [0.05, 0.1) is 23.9 Å². The van der Waals surface area contributed by atoms with Crippen molar-refractivity contribution in [3.05, 3.63) is 11.1 Å². The first-order valence-electron chi connectivity index (χ1n) is 3.32. The fourth-order valence-corrected chi connectivity index (χ4v) is 0.949. The van der Waals surface area contributed by atoms with Gasteiger partial charge in [-0.05, 0) is 26.3 Å². The molecular weight excluding hydrogens is 126 g/mol. The van der Waals surface area contributed by atoms with Crippen LogP contribution in [0.2, 0.25) is 0 Å². The van der Waals surface area contributed by atoms with Crippen molar-refractivity contribution in [3.8, 4) is 6.07 Å². The first kappa shape index (κ1) is 7.30. The molecule has 0 atom stereocenters. The van der Waals surface area contributed by atoms with Crippen LogP contribution in [0.1, 0.15) is 20.8 Å². The second kappa shape index (κ2) is 2.10. The van der Waals surface area contributed by atoms with Crippen molar-refractivity contribution >= 4 is 0 Å². The molecule has 0 aliphatic carbocycles. The van der Waals surface area contributed by atoms with E-state index in [0.717, 1.165) is 11.1 Å². The van der Waals surface area contributed by atoms with Crippen LogP contribution in [-0.4, -0.2) is 12.2 Å². The molecule has 0 amide bonds. The third-order valence-electron chi connectivity index (χ3n) is 2.07. The Kier molecular flexibility index (Phi) is 1.53. The zero-order valence-corrected chi connectivity index (χ0v) is 6.56. The Morgan fingerprint density at radius 3 is 2.40 bits per heavy atom. The molecule has 1 heterocycles. The molecule has 0 saturated carbocycles. The smallest absolute Gasteiger partial charge is 0.0972 e. The summed E-state index contributed by atoms with van der Waals surface area (Å²) in [4.78, 5) is 0. The van der Waals surface area contributed by atoms with Crippen molar-refractivity contribution in [2.24, 2.45) is 0 Å². The lowest BCUT2D eigenvalue weighted by Gasteiger charge is -2.18. The van der Waals surface area contributed by atoms with Crippen molar-refractivity contribution < 1.29 is 4.74 Å². The van der Waals surface area contributed by atoms with E-state index in [-0.39, 0.29) is 5.60 Å². The van der Waals surface area contributed by atoms with Crippen LogP contribution in [0.4, 0.5) is 0 Å². The minimum atomic E-state index is -0.217. The lowest BCUT2D eigenvalue weighted by molar-refractivity contribution is 0.0491. The van der Waals surface area contributed by atoms with E-state index in [0.29, 0.717) is 6.61 Å². The lowest BCUT2D eigenvalue weighted by atomic mass is 9.98. The van der Waals surface area contributed by atoms with Crippen LogP contribution in [0.15, 0.2) is 11.1 Å². The number of hydrogen-bond donors (Lipinski definition) is 0. The molecule has 0 fully saturated rings. The van der Waals surface area contributed by atoms with Gasteiger partial charge in [0.2, 0.25) is 0 Å². The van der Waals surface area contributed by atoms with Gasteiger partial charge in [-0.2, -0.15) is 5.26 Å². The van der Waals surface area contributed by atoms with Crippen LogP contribution >= 0.6 is 0 Å². The molecule has 0 bridgehead atoms. The first-order valence-corrected chi connectivity index (χ1v) is 3.32. The Morgan fingerprint density at radius 2 is 2.20 bits per heavy atom. The van der Waals surface area contributed by atoms with E-state index in [4.69, 9.17) is 10.00 Å². The Hall–Kier alpha value is -0.810. The fraction of sp³-hybridized carbons (Fsp3) is 0.625. The maximum atomic E-state index is 8.58. The molecular formula is C8H11NO. The minimum absolute atomic E-state index is 0.217. The quantitative estimate of drug-likeness (QED) is 0.508. The summed E-state index contributed by atoms with van der Waals surface area (Å²) >= 11 is 0. The summed E-state index contributed by atoms with van der Waals surface area (Å²) in [5, 5.41) is 8.58. The zero-order valence-electron chi connectivity index (χ0n) is 6.56. The van der Waals surface area contributed by atoms with Gasteiger partial charge in [-0.15, -0.1) is 0 Å². The third-order valence-corrected chi connectivity index (χ3v) is 2.07. The van der Waals surface area contributed by atoms with Gasteiger partial charge in [-0.1, -0.05) is 0 Å². The van der Waals surface area contributed by atoms with Crippen LogP contribution in [-0.2, 0) is 4.74 Å². The van der Waals surface area contributed by atoms with E-state index in [2.05, 4.69) is 6.07 Å². The molecule has 0 unspecified atom stereocenters. The highest BCUT2D eigenvalue weighted by Gasteiger charge is 2.29. The summed E-state index contributed by atoms with van der Waals surface area (Å²) in [5.41, 5.74) is 1.63. The molecule has 54 valence electrons. The van der Waals surface area contributed by atoms with E-state index >= 15 is 0 Å². The van der Waals surface area contributed by atoms with Gasteiger partial charge in [0.25, 0.3) is 0 Å². The number of hydrogen-bond acceptors (Lipinski definition) is 2. The van der Waals surface area contributed by atoms with Gasteiger partial charge in [0, 0.05) is 0 Å². The summed E-state index contributed by atoms with van der Waals surface area (Å²) < 4.78 is 5.36. The Labute approximate surface area is 61.1 Å². The van der Waals surface area contributed by atoms with Crippen molar-refractivity contribution in [1.82, 2.24) is 0 Å². The SMILES string of the molecule is CC1=C(C#N)COC1(C)C. The molecule has 0 N–H and O–H groups in total. The van der Waals surface area contributed by atoms with E-state index in [1.807, 2.05) is 20.8 Å². The standard InChI is InChI=1S/C8H11NO/c1-6-7(4-9)5-10-8(6,2)3/h5H2,1-3H3. The van der Waals surface area contributed by atoms with Gasteiger partial charge in [0.15, 0.2) is 0 Å². The number of nitrogens with zero attached hydrogens (tertiary/aromatic N) is 1. The second-order valence-corrected chi connectivity index (χ2v) is 3.01. The fourth-order valence-electron chi connectivity index (χ4n) is 0.949. The molecule has 0 radical (unpaired) electrons. The highest BCUT2D eigenvalue weighted by molar-refractivity contribution is 5.35. The van der Waals surface area contributed by atoms with Crippen molar-refractivity contribution in [1.29, 1.82) is 5.26 Å². The summed E-state index contributed by atoms with van der Waals surface area (Å²) in [6, 6.07) is 2.12. The molecule has 0 aromatic carbocycles. The van der Waals surface area contributed by atoms with Crippen LogP contribution in [0.5, 0.6) is 0 Å². The molecule has 0 saturated heterocycles. The van der Waals surface area contributed by atoms with E-state index in [1.165, 1.54) is 0 Å². The monoisotopic (exact) mass is 137 g/mol. The normalized spacial score (nSPS) is 23.0.